The van der Waals surface area contributed by atoms with Gasteiger partial charge in [-0.25, -0.2) is 9.78 Å². The molecule has 3 rings (SSSR count). The first-order valence-corrected chi connectivity index (χ1v) is 7.04. The van der Waals surface area contributed by atoms with Crippen LogP contribution in [0, 0.1) is 0 Å². The zero-order valence-corrected chi connectivity index (χ0v) is 11.7. The lowest BCUT2D eigenvalue weighted by Crippen LogP contribution is -1.94. The third kappa shape index (κ3) is 2.78. The van der Waals surface area contributed by atoms with E-state index in [-0.39, 0.29) is 11.3 Å². The number of hydrogen-bond donors (Lipinski definition) is 2. The average molecular weight is 297 g/mol. The zero-order valence-electron chi connectivity index (χ0n) is 10.9. The van der Waals surface area contributed by atoms with Crippen LogP contribution in [0.1, 0.15) is 10.4 Å². The Bertz CT molecular complexity index is 776. The zero-order chi connectivity index (χ0) is 14.8. The number of carbonyl (C=O) groups is 1. The molecule has 104 valence electrons. The van der Waals surface area contributed by atoms with Crippen LogP contribution in [-0.2, 0) is 0 Å². The number of hydrogen-bond acceptors (Lipinski definition) is 4. The minimum atomic E-state index is -0.939. The highest BCUT2D eigenvalue weighted by molar-refractivity contribution is 7.18. The molecular weight excluding hydrogens is 286 g/mol. The Kier molecular flexibility index (Phi) is 3.41. The second kappa shape index (κ2) is 5.38. The van der Waals surface area contributed by atoms with Gasteiger partial charge in [0.15, 0.2) is 0 Å². The first-order chi connectivity index (χ1) is 10.1. The molecule has 0 saturated carbocycles. The van der Waals surface area contributed by atoms with Crippen LogP contribution in [-0.4, -0.2) is 21.2 Å². The maximum Gasteiger partial charge on any atom is 0.335 e. The molecule has 0 radical (unpaired) electrons. The van der Waals surface area contributed by atoms with Gasteiger partial charge in [0.2, 0.25) is 0 Å². The smallest absolute Gasteiger partial charge is 0.335 e. The number of rotatable bonds is 3. The molecule has 0 saturated heterocycles. The summed E-state index contributed by atoms with van der Waals surface area (Å²) in [6, 6.07) is 13.6. The van der Waals surface area contributed by atoms with E-state index in [1.54, 1.807) is 42.6 Å². The Hall–Kier alpha value is -2.66. The van der Waals surface area contributed by atoms with E-state index in [2.05, 4.69) is 4.98 Å². The van der Waals surface area contributed by atoms with E-state index in [0.717, 1.165) is 21.0 Å². The van der Waals surface area contributed by atoms with Crippen molar-refractivity contribution in [1.29, 1.82) is 0 Å². The minimum absolute atomic E-state index is 0.229. The molecule has 3 aromatic rings. The molecule has 2 N–H and O–H groups in total. The Balaban J connectivity index is 1.90. The van der Waals surface area contributed by atoms with E-state index in [1.165, 1.54) is 11.3 Å². The summed E-state index contributed by atoms with van der Waals surface area (Å²) in [5.74, 6) is -0.710. The third-order valence-corrected chi connectivity index (χ3v) is 4.13. The van der Waals surface area contributed by atoms with Gasteiger partial charge in [-0.15, -0.1) is 11.3 Å². The lowest BCUT2D eigenvalue weighted by Gasteiger charge is -1.98. The molecule has 0 aliphatic rings. The quantitative estimate of drug-likeness (QED) is 0.769. The Morgan fingerprint density at radius 2 is 1.57 bits per heavy atom. The summed E-state index contributed by atoms with van der Waals surface area (Å²) < 4.78 is 0. The third-order valence-electron chi connectivity index (χ3n) is 3.04. The number of carboxylic acid groups (broad SMARTS) is 1. The van der Waals surface area contributed by atoms with E-state index < -0.39 is 5.97 Å². The molecule has 1 aromatic heterocycles. The molecule has 1 heterocycles. The fourth-order valence-corrected chi connectivity index (χ4v) is 2.85. The Morgan fingerprint density at radius 1 is 0.952 bits per heavy atom. The van der Waals surface area contributed by atoms with E-state index in [9.17, 15) is 9.90 Å². The maximum absolute atomic E-state index is 10.8. The molecular formula is C16H11NO3S. The van der Waals surface area contributed by atoms with Crippen molar-refractivity contribution >= 4 is 17.3 Å². The van der Waals surface area contributed by atoms with Crippen LogP contribution >= 0.6 is 11.3 Å². The number of carboxylic acids is 1. The summed E-state index contributed by atoms with van der Waals surface area (Å²) in [5, 5.41) is 19.0. The summed E-state index contributed by atoms with van der Waals surface area (Å²) in [6.45, 7) is 0. The predicted octanol–water partition coefficient (Wildman–Crippen LogP) is 3.88. The van der Waals surface area contributed by atoms with Gasteiger partial charge in [-0.3, -0.25) is 0 Å². The van der Waals surface area contributed by atoms with Crippen molar-refractivity contribution in [2.75, 3.05) is 0 Å². The molecule has 5 heteroatoms. The van der Waals surface area contributed by atoms with Crippen molar-refractivity contribution in [3.8, 4) is 26.8 Å². The van der Waals surface area contributed by atoms with Gasteiger partial charge in [0.25, 0.3) is 0 Å². The fraction of sp³-hybridized carbons (Fsp3) is 0. The van der Waals surface area contributed by atoms with Crippen molar-refractivity contribution in [2.45, 2.75) is 0 Å². The number of aromatic hydroxyl groups is 1. The van der Waals surface area contributed by atoms with Gasteiger partial charge in [0, 0.05) is 11.8 Å². The number of nitrogens with zero attached hydrogens (tertiary/aromatic N) is 1. The summed E-state index contributed by atoms with van der Waals surface area (Å²) in [5.41, 5.74) is 2.13. The number of thiazole rings is 1. The molecule has 0 aliphatic heterocycles. The number of benzene rings is 2. The van der Waals surface area contributed by atoms with Gasteiger partial charge in [0.1, 0.15) is 10.8 Å². The van der Waals surface area contributed by atoms with Crippen LogP contribution in [0.3, 0.4) is 0 Å². The average Bonchev–Trinajstić information content (AvgIpc) is 2.98. The summed E-state index contributed by atoms with van der Waals surface area (Å²) in [7, 11) is 0. The highest BCUT2D eigenvalue weighted by atomic mass is 32.1. The van der Waals surface area contributed by atoms with E-state index in [1.807, 2.05) is 12.1 Å². The van der Waals surface area contributed by atoms with Crippen molar-refractivity contribution in [2.24, 2.45) is 0 Å². The van der Waals surface area contributed by atoms with Crippen LogP contribution < -0.4 is 0 Å². The highest BCUT2D eigenvalue weighted by Crippen LogP contribution is 2.32. The lowest BCUT2D eigenvalue weighted by atomic mass is 10.1. The summed E-state index contributed by atoms with van der Waals surface area (Å²) in [6.07, 6.45) is 1.78. The molecule has 0 amide bonds. The first kappa shape index (κ1) is 13.3. The monoisotopic (exact) mass is 297 g/mol. The number of aromatic carboxylic acids is 1. The minimum Gasteiger partial charge on any atom is -0.508 e. The second-order valence-electron chi connectivity index (χ2n) is 4.46. The number of phenols is 1. The maximum atomic E-state index is 10.8. The molecule has 0 fully saturated rings. The van der Waals surface area contributed by atoms with Gasteiger partial charge in [-0.05, 0) is 42.0 Å². The van der Waals surface area contributed by atoms with Crippen LogP contribution in [0.4, 0.5) is 0 Å². The van der Waals surface area contributed by atoms with Gasteiger partial charge < -0.3 is 10.2 Å². The highest BCUT2D eigenvalue weighted by Gasteiger charge is 2.08. The van der Waals surface area contributed by atoms with Crippen LogP contribution in [0.5, 0.6) is 5.75 Å². The van der Waals surface area contributed by atoms with Crippen molar-refractivity contribution in [3.05, 3.63) is 60.3 Å². The Morgan fingerprint density at radius 3 is 2.19 bits per heavy atom. The van der Waals surface area contributed by atoms with Gasteiger partial charge >= 0.3 is 5.97 Å². The van der Waals surface area contributed by atoms with E-state index in [0.29, 0.717) is 0 Å². The molecule has 4 nitrogen and oxygen atoms in total. The molecule has 21 heavy (non-hydrogen) atoms. The van der Waals surface area contributed by atoms with Crippen molar-refractivity contribution < 1.29 is 15.0 Å². The SMILES string of the molecule is O=C(O)c1ccc(-c2ncc(-c3ccc(O)cc3)s2)cc1. The molecule has 0 unspecified atom stereocenters. The van der Waals surface area contributed by atoms with Gasteiger partial charge in [-0.1, -0.05) is 12.1 Å². The predicted molar refractivity (Wildman–Crippen MR) is 81.6 cm³/mol. The largest absolute Gasteiger partial charge is 0.508 e. The summed E-state index contributed by atoms with van der Waals surface area (Å²) >= 11 is 1.52. The topological polar surface area (TPSA) is 70.4 Å². The van der Waals surface area contributed by atoms with Crippen LogP contribution in [0.2, 0.25) is 0 Å². The first-order valence-electron chi connectivity index (χ1n) is 6.22. The fourth-order valence-electron chi connectivity index (χ4n) is 1.92. The molecule has 0 aliphatic carbocycles. The van der Waals surface area contributed by atoms with E-state index >= 15 is 0 Å². The number of aromatic nitrogens is 1. The Labute approximate surface area is 125 Å². The molecule has 2 aromatic carbocycles. The summed E-state index contributed by atoms with van der Waals surface area (Å²) in [4.78, 5) is 16.2. The second-order valence-corrected chi connectivity index (χ2v) is 5.49. The molecule has 0 atom stereocenters. The molecule has 0 spiro atoms. The number of phenolic OH excluding ortho intramolecular Hbond substituents is 1. The van der Waals surface area contributed by atoms with Crippen LogP contribution in [0.15, 0.2) is 54.7 Å². The lowest BCUT2D eigenvalue weighted by molar-refractivity contribution is 0.0697. The van der Waals surface area contributed by atoms with E-state index in [4.69, 9.17) is 5.11 Å². The van der Waals surface area contributed by atoms with Crippen molar-refractivity contribution in [1.82, 2.24) is 4.98 Å². The standard InChI is InChI=1S/C16H11NO3S/c18-13-7-5-10(6-8-13)14-9-17-15(21-14)11-1-3-12(4-2-11)16(19)20/h1-9,18H,(H,19,20). The van der Waals surface area contributed by atoms with Crippen LogP contribution in [0.25, 0.3) is 21.0 Å². The molecule has 0 bridgehead atoms. The van der Waals surface area contributed by atoms with Gasteiger partial charge in [-0.2, -0.15) is 0 Å². The van der Waals surface area contributed by atoms with Crippen molar-refractivity contribution in [3.63, 3.8) is 0 Å². The van der Waals surface area contributed by atoms with Gasteiger partial charge in [0.05, 0.1) is 10.4 Å². The normalized spacial score (nSPS) is 10.5.